The van der Waals surface area contributed by atoms with Crippen LogP contribution in [0.5, 0.6) is 0 Å². The first-order valence-corrected chi connectivity index (χ1v) is 7.38. The van der Waals surface area contributed by atoms with Gasteiger partial charge < -0.3 is 4.74 Å². The summed E-state index contributed by atoms with van der Waals surface area (Å²) in [6, 6.07) is 6.37. The first-order valence-electron chi connectivity index (χ1n) is 6.50. The Kier molecular flexibility index (Phi) is 4.90. The second-order valence-corrected chi connectivity index (χ2v) is 5.71. The molecule has 0 spiro atoms. The Morgan fingerprint density at radius 1 is 1.32 bits per heavy atom. The Bertz CT molecular complexity index is 691. The molecule has 8 heteroatoms. The maximum Gasteiger partial charge on any atom is 0.451 e. The van der Waals surface area contributed by atoms with E-state index < -0.39 is 23.2 Å². The van der Waals surface area contributed by atoms with Crippen LogP contribution in [0.3, 0.4) is 0 Å². The summed E-state index contributed by atoms with van der Waals surface area (Å²) in [4.78, 5) is 18.8. The summed E-state index contributed by atoms with van der Waals surface area (Å²) in [5.74, 6) is -1.71. The first kappa shape index (κ1) is 16.5. The summed E-state index contributed by atoms with van der Waals surface area (Å²) in [7, 11) is 0. The Balaban J connectivity index is 2.45. The smallest absolute Gasteiger partial charge is 0.451 e. The highest BCUT2D eigenvalue weighted by Crippen LogP contribution is 2.33. The van der Waals surface area contributed by atoms with Gasteiger partial charge in [-0.15, -0.1) is 0 Å². The van der Waals surface area contributed by atoms with Crippen LogP contribution >= 0.6 is 11.8 Å². The molecule has 0 amide bonds. The number of carbonyl (C=O) groups is 1. The van der Waals surface area contributed by atoms with Crippen LogP contribution in [-0.4, -0.2) is 27.8 Å². The van der Waals surface area contributed by atoms with Crippen molar-refractivity contribution in [1.82, 2.24) is 9.97 Å². The van der Waals surface area contributed by atoms with Crippen molar-refractivity contribution < 1.29 is 22.7 Å². The normalized spacial score (nSPS) is 13.1. The average Bonchev–Trinajstić information content (AvgIpc) is 2.46. The van der Waals surface area contributed by atoms with Crippen molar-refractivity contribution in [3.05, 3.63) is 30.1 Å². The van der Waals surface area contributed by atoms with E-state index in [2.05, 4.69) is 9.97 Å². The van der Waals surface area contributed by atoms with Crippen molar-refractivity contribution in [3.8, 4) is 0 Å². The lowest BCUT2D eigenvalue weighted by Gasteiger charge is -2.13. The van der Waals surface area contributed by atoms with E-state index in [1.165, 1.54) is 6.07 Å². The van der Waals surface area contributed by atoms with E-state index in [1.807, 2.05) is 0 Å². The van der Waals surface area contributed by atoms with Gasteiger partial charge in [0.15, 0.2) is 0 Å². The van der Waals surface area contributed by atoms with E-state index in [-0.39, 0.29) is 17.1 Å². The molecule has 1 aromatic heterocycles. The number of carbonyl (C=O) groups excluding carboxylic acids is 1. The second kappa shape index (κ2) is 6.51. The summed E-state index contributed by atoms with van der Waals surface area (Å²) < 4.78 is 43.5. The van der Waals surface area contributed by atoms with E-state index in [0.29, 0.717) is 5.39 Å². The molecule has 0 aliphatic rings. The summed E-state index contributed by atoms with van der Waals surface area (Å²) in [6.45, 7) is 3.44. The number of halogens is 3. The van der Waals surface area contributed by atoms with Gasteiger partial charge in [-0.05, 0) is 19.9 Å². The van der Waals surface area contributed by atoms with Crippen LogP contribution in [0.25, 0.3) is 10.9 Å². The molecule has 0 aliphatic carbocycles. The third-order valence-corrected chi connectivity index (χ3v) is 3.81. The Morgan fingerprint density at radius 2 is 2.00 bits per heavy atom. The van der Waals surface area contributed by atoms with Crippen molar-refractivity contribution in [2.75, 3.05) is 6.61 Å². The SMILES string of the molecule is CCOC(=O)[C@@H](C)Sc1nc(C(F)(F)F)nc2ccccc12. The molecule has 0 bridgehead atoms. The number of esters is 1. The van der Waals surface area contributed by atoms with Gasteiger partial charge in [-0.3, -0.25) is 4.79 Å². The number of fused-ring (bicyclic) bond motifs is 1. The minimum absolute atomic E-state index is 0.110. The predicted molar refractivity (Wildman–Crippen MR) is 76.5 cm³/mol. The van der Waals surface area contributed by atoms with Gasteiger partial charge in [0.25, 0.3) is 0 Å². The van der Waals surface area contributed by atoms with Gasteiger partial charge in [-0.2, -0.15) is 13.2 Å². The highest BCUT2D eigenvalue weighted by Gasteiger charge is 2.36. The number of nitrogens with zero attached hydrogens (tertiary/aromatic N) is 2. The number of alkyl halides is 3. The zero-order valence-electron chi connectivity index (χ0n) is 11.8. The fourth-order valence-electron chi connectivity index (χ4n) is 1.74. The maximum atomic E-state index is 12.9. The Labute approximate surface area is 129 Å². The molecule has 118 valence electrons. The molecule has 0 saturated heterocycles. The van der Waals surface area contributed by atoms with E-state index in [4.69, 9.17) is 4.74 Å². The third-order valence-electron chi connectivity index (χ3n) is 2.73. The second-order valence-electron chi connectivity index (χ2n) is 4.38. The van der Waals surface area contributed by atoms with Gasteiger partial charge in [-0.1, -0.05) is 30.0 Å². The largest absolute Gasteiger partial charge is 0.465 e. The maximum absolute atomic E-state index is 12.9. The van der Waals surface area contributed by atoms with Crippen LogP contribution in [0.15, 0.2) is 29.3 Å². The zero-order chi connectivity index (χ0) is 16.3. The molecule has 1 atom stereocenters. The lowest BCUT2D eigenvalue weighted by atomic mass is 10.2. The molecule has 1 heterocycles. The molecule has 22 heavy (non-hydrogen) atoms. The lowest BCUT2D eigenvalue weighted by Crippen LogP contribution is -2.18. The van der Waals surface area contributed by atoms with Crippen LogP contribution in [-0.2, 0) is 15.7 Å². The molecule has 1 aromatic carbocycles. The van der Waals surface area contributed by atoms with Gasteiger partial charge in [-0.25, -0.2) is 9.97 Å². The fourth-order valence-corrected chi connectivity index (χ4v) is 2.68. The van der Waals surface area contributed by atoms with Crippen LogP contribution < -0.4 is 0 Å². The predicted octanol–water partition coefficient (Wildman–Crippen LogP) is 3.69. The molecule has 0 N–H and O–H groups in total. The van der Waals surface area contributed by atoms with Crippen molar-refractivity contribution in [1.29, 1.82) is 0 Å². The number of rotatable bonds is 4. The molecular formula is C14H13F3N2O2S. The standard InChI is InChI=1S/C14H13F3N2O2S/c1-3-21-12(20)8(2)22-11-9-6-4-5-7-10(9)18-13(19-11)14(15,16)17/h4-8H,3H2,1-2H3/t8-/m1/s1. The molecule has 0 aliphatic heterocycles. The van der Waals surface area contributed by atoms with E-state index >= 15 is 0 Å². The van der Waals surface area contributed by atoms with Crippen molar-refractivity contribution in [2.45, 2.75) is 30.3 Å². The monoisotopic (exact) mass is 330 g/mol. The minimum Gasteiger partial charge on any atom is -0.465 e. The van der Waals surface area contributed by atoms with Gasteiger partial charge in [0.2, 0.25) is 5.82 Å². The van der Waals surface area contributed by atoms with E-state index in [0.717, 1.165) is 11.8 Å². The highest BCUT2D eigenvalue weighted by atomic mass is 32.2. The number of aromatic nitrogens is 2. The Hall–Kier alpha value is -1.83. The summed E-state index contributed by atoms with van der Waals surface area (Å²) in [5, 5.41) is -0.0885. The molecule has 0 radical (unpaired) electrons. The molecule has 0 unspecified atom stereocenters. The average molecular weight is 330 g/mol. The molecule has 0 fully saturated rings. The zero-order valence-corrected chi connectivity index (χ0v) is 12.7. The summed E-state index contributed by atoms with van der Waals surface area (Å²) in [5.41, 5.74) is 0.184. The minimum atomic E-state index is -4.65. The van der Waals surface area contributed by atoms with Crippen molar-refractivity contribution in [3.63, 3.8) is 0 Å². The molecule has 0 saturated carbocycles. The van der Waals surface area contributed by atoms with Crippen molar-refractivity contribution >= 4 is 28.6 Å². The molecular weight excluding hydrogens is 317 g/mol. The Morgan fingerprint density at radius 3 is 2.64 bits per heavy atom. The number of hydrogen-bond donors (Lipinski definition) is 0. The molecule has 4 nitrogen and oxygen atoms in total. The fraction of sp³-hybridized carbons (Fsp3) is 0.357. The topological polar surface area (TPSA) is 52.1 Å². The number of hydrogen-bond acceptors (Lipinski definition) is 5. The lowest BCUT2D eigenvalue weighted by molar-refractivity contribution is -0.145. The molecule has 2 rings (SSSR count). The van der Waals surface area contributed by atoms with Gasteiger partial charge in [0.1, 0.15) is 10.3 Å². The number of thioether (sulfide) groups is 1. The van der Waals surface area contributed by atoms with Crippen LogP contribution in [0.2, 0.25) is 0 Å². The number of para-hydroxylation sites is 1. The first-order chi connectivity index (χ1) is 10.3. The van der Waals surface area contributed by atoms with Gasteiger partial charge in [0, 0.05) is 5.39 Å². The van der Waals surface area contributed by atoms with Crippen LogP contribution in [0.4, 0.5) is 13.2 Å². The number of benzene rings is 1. The third kappa shape index (κ3) is 3.68. The van der Waals surface area contributed by atoms with Crippen LogP contribution in [0.1, 0.15) is 19.7 Å². The summed E-state index contributed by atoms with van der Waals surface area (Å²) >= 11 is 0.926. The quantitative estimate of drug-likeness (QED) is 0.486. The summed E-state index contributed by atoms with van der Waals surface area (Å²) in [6.07, 6.45) is -4.65. The van der Waals surface area contributed by atoms with Crippen LogP contribution in [0, 0.1) is 0 Å². The molecule has 2 aromatic rings. The highest BCUT2D eigenvalue weighted by molar-refractivity contribution is 8.00. The van der Waals surface area contributed by atoms with Gasteiger partial charge in [0.05, 0.1) is 12.1 Å². The van der Waals surface area contributed by atoms with E-state index in [1.54, 1.807) is 32.0 Å². The number of ether oxygens (including phenoxy) is 1. The van der Waals surface area contributed by atoms with Gasteiger partial charge >= 0.3 is 12.1 Å². The van der Waals surface area contributed by atoms with Crippen molar-refractivity contribution in [2.24, 2.45) is 0 Å². The van der Waals surface area contributed by atoms with E-state index in [9.17, 15) is 18.0 Å².